The zero-order chi connectivity index (χ0) is 20.1. The number of ether oxygens (including phenoxy) is 2. The first-order valence-electron chi connectivity index (χ1n) is 9.30. The lowest BCUT2D eigenvalue weighted by Gasteiger charge is -2.30. The van der Waals surface area contributed by atoms with Crippen LogP contribution in [0.4, 0.5) is 11.4 Å². The van der Waals surface area contributed by atoms with Crippen molar-refractivity contribution in [3.63, 3.8) is 0 Å². The molecular formula is C23H20N2O4. The highest BCUT2D eigenvalue weighted by molar-refractivity contribution is 6.04. The minimum Gasteiger partial charge on any atom is -0.485 e. The molecule has 0 spiro atoms. The molecule has 146 valence electrons. The number of carbonyl (C=O) groups is 2. The van der Waals surface area contributed by atoms with Crippen LogP contribution < -0.4 is 19.7 Å². The van der Waals surface area contributed by atoms with Gasteiger partial charge in [-0.25, -0.2) is 0 Å². The standard InChI is InChI=1S/C23H20N2O4/c26-22(24-17-9-3-1-4-10-17)15-25(18-11-5-2-6-12-18)23(27)21-16-28-19-13-7-8-14-20(19)29-21/h1-14,21H,15-16H2,(H,24,26)/t21-/m0/s1. The number of hydrogen-bond acceptors (Lipinski definition) is 4. The van der Waals surface area contributed by atoms with Crippen molar-refractivity contribution < 1.29 is 19.1 Å². The first-order valence-corrected chi connectivity index (χ1v) is 9.30. The van der Waals surface area contributed by atoms with Gasteiger partial charge in [0.2, 0.25) is 12.0 Å². The zero-order valence-corrected chi connectivity index (χ0v) is 15.7. The Balaban J connectivity index is 1.53. The second-order valence-electron chi connectivity index (χ2n) is 6.54. The smallest absolute Gasteiger partial charge is 0.272 e. The number of para-hydroxylation sites is 4. The van der Waals surface area contributed by atoms with E-state index in [4.69, 9.17) is 9.47 Å². The molecule has 0 unspecified atom stereocenters. The molecule has 0 fully saturated rings. The first-order chi connectivity index (χ1) is 14.2. The number of hydrogen-bond donors (Lipinski definition) is 1. The summed E-state index contributed by atoms with van der Waals surface area (Å²) in [5, 5.41) is 2.81. The van der Waals surface area contributed by atoms with Crippen LogP contribution in [0.2, 0.25) is 0 Å². The van der Waals surface area contributed by atoms with Crippen molar-refractivity contribution in [1.29, 1.82) is 0 Å². The Kier molecular flexibility index (Phi) is 5.42. The topological polar surface area (TPSA) is 67.9 Å². The quantitative estimate of drug-likeness (QED) is 0.726. The maximum Gasteiger partial charge on any atom is 0.272 e. The molecule has 4 rings (SSSR count). The summed E-state index contributed by atoms with van der Waals surface area (Å²) >= 11 is 0. The number of nitrogens with one attached hydrogen (secondary N) is 1. The predicted octanol–water partition coefficient (Wildman–Crippen LogP) is 3.50. The third kappa shape index (κ3) is 4.38. The molecule has 0 radical (unpaired) electrons. The average molecular weight is 388 g/mol. The van der Waals surface area contributed by atoms with Gasteiger partial charge in [-0.1, -0.05) is 48.5 Å². The predicted molar refractivity (Wildman–Crippen MR) is 110 cm³/mol. The van der Waals surface area contributed by atoms with Crippen LogP contribution in [0.5, 0.6) is 11.5 Å². The molecule has 0 saturated carbocycles. The summed E-state index contributed by atoms with van der Waals surface area (Å²) in [5.74, 6) is 0.475. The van der Waals surface area contributed by atoms with Crippen LogP contribution in [0.15, 0.2) is 84.9 Å². The normalized spacial score (nSPS) is 14.7. The summed E-state index contributed by atoms with van der Waals surface area (Å²) in [6.07, 6.45) is -0.838. The Labute approximate surface area is 168 Å². The van der Waals surface area contributed by atoms with E-state index in [1.54, 1.807) is 36.4 Å². The molecule has 3 aromatic carbocycles. The lowest BCUT2D eigenvalue weighted by Crippen LogP contribution is -2.49. The van der Waals surface area contributed by atoms with E-state index in [0.29, 0.717) is 22.9 Å². The molecule has 0 aliphatic carbocycles. The van der Waals surface area contributed by atoms with E-state index in [1.807, 2.05) is 48.5 Å². The fourth-order valence-corrected chi connectivity index (χ4v) is 3.09. The SMILES string of the molecule is O=C(CN(C(=O)[C@@H]1COc2ccccc2O1)c1ccccc1)Nc1ccccc1. The van der Waals surface area contributed by atoms with Gasteiger partial charge in [-0.05, 0) is 36.4 Å². The minimum absolute atomic E-state index is 0.0828. The Hall–Kier alpha value is -3.80. The largest absolute Gasteiger partial charge is 0.485 e. The third-order valence-electron chi connectivity index (χ3n) is 4.48. The second-order valence-corrected chi connectivity index (χ2v) is 6.54. The van der Waals surface area contributed by atoms with Crippen LogP contribution in [0, 0.1) is 0 Å². The summed E-state index contributed by atoms with van der Waals surface area (Å²) in [4.78, 5) is 27.3. The van der Waals surface area contributed by atoms with E-state index < -0.39 is 6.10 Å². The molecule has 0 saturated heterocycles. The molecule has 1 aliphatic heterocycles. The highest BCUT2D eigenvalue weighted by atomic mass is 16.6. The van der Waals surface area contributed by atoms with E-state index in [2.05, 4.69) is 5.32 Å². The molecule has 3 aromatic rings. The summed E-state index contributed by atoms with van der Waals surface area (Å²) in [6, 6.07) is 25.4. The molecule has 1 N–H and O–H groups in total. The lowest BCUT2D eigenvalue weighted by atomic mass is 10.2. The molecule has 0 aromatic heterocycles. The lowest BCUT2D eigenvalue weighted by molar-refractivity contribution is -0.129. The number of anilines is 2. The Morgan fingerprint density at radius 1 is 0.862 bits per heavy atom. The minimum atomic E-state index is -0.838. The molecule has 29 heavy (non-hydrogen) atoms. The molecular weight excluding hydrogens is 368 g/mol. The van der Waals surface area contributed by atoms with Crippen molar-refractivity contribution in [3.05, 3.63) is 84.9 Å². The first kappa shape index (κ1) is 18.6. The fourth-order valence-electron chi connectivity index (χ4n) is 3.09. The Bertz CT molecular complexity index is 992. The summed E-state index contributed by atoms with van der Waals surface area (Å²) in [6.45, 7) is -0.0568. The summed E-state index contributed by atoms with van der Waals surface area (Å²) < 4.78 is 11.5. The molecule has 0 bridgehead atoms. The molecule has 1 aliphatic rings. The van der Waals surface area contributed by atoms with E-state index >= 15 is 0 Å². The molecule has 2 amide bonds. The van der Waals surface area contributed by atoms with Crippen molar-refractivity contribution in [1.82, 2.24) is 0 Å². The van der Waals surface area contributed by atoms with Crippen LogP contribution >= 0.6 is 0 Å². The van der Waals surface area contributed by atoms with Gasteiger partial charge in [0.15, 0.2) is 11.5 Å². The Morgan fingerprint density at radius 3 is 2.21 bits per heavy atom. The Morgan fingerprint density at radius 2 is 1.48 bits per heavy atom. The van der Waals surface area contributed by atoms with Crippen LogP contribution in [0.1, 0.15) is 0 Å². The van der Waals surface area contributed by atoms with Crippen LogP contribution in [0.3, 0.4) is 0 Å². The highest BCUT2D eigenvalue weighted by Gasteiger charge is 2.32. The summed E-state index contributed by atoms with van der Waals surface area (Å²) in [7, 11) is 0. The number of fused-ring (bicyclic) bond motifs is 1. The molecule has 6 nitrogen and oxygen atoms in total. The van der Waals surface area contributed by atoms with E-state index in [0.717, 1.165) is 0 Å². The molecule has 1 atom stereocenters. The van der Waals surface area contributed by atoms with Crippen LogP contribution in [-0.4, -0.2) is 31.1 Å². The van der Waals surface area contributed by atoms with Gasteiger partial charge in [0.1, 0.15) is 13.2 Å². The maximum atomic E-state index is 13.2. The van der Waals surface area contributed by atoms with Gasteiger partial charge in [0, 0.05) is 11.4 Å². The van der Waals surface area contributed by atoms with Gasteiger partial charge < -0.3 is 14.8 Å². The van der Waals surface area contributed by atoms with Crippen molar-refractivity contribution in [2.45, 2.75) is 6.10 Å². The van der Waals surface area contributed by atoms with Gasteiger partial charge in [-0.2, -0.15) is 0 Å². The van der Waals surface area contributed by atoms with Gasteiger partial charge in [0.25, 0.3) is 5.91 Å². The maximum absolute atomic E-state index is 13.2. The van der Waals surface area contributed by atoms with Crippen molar-refractivity contribution >= 4 is 23.2 Å². The number of amides is 2. The van der Waals surface area contributed by atoms with Gasteiger partial charge in [0.05, 0.1) is 0 Å². The molecule has 1 heterocycles. The van der Waals surface area contributed by atoms with E-state index in [9.17, 15) is 9.59 Å². The number of rotatable bonds is 5. The van der Waals surface area contributed by atoms with Crippen molar-refractivity contribution in [2.75, 3.05) is 23.4 Å². The van der Waals surface area contributed by atoms with Crippen molar-refractivity contribution in [2.24, 2.45) is 0 Å². The van der Waals surface area contributed by atoms with Gasteiger partial charge >= 0.3 is 0 Å². The van der Waals surface area contributed by atoms with E-state index in [1.165, 1.54) is 4.90 Å². The van der Waals surface area contributed by atoms with Crippen LogP contribution in [0.25, 0.3) is 0 Å². The highest BCUT2D eigenvalue weighted by Crippen LogP contribution is 2.31. The monoisotopic (exact) mass is 388 g/mol. The second kappa shape index (κ2) is 8.48. The number of carbonyl (C=O) groups excluding carboxylic acids is 2. The van der Waals surface area contributed by atoms with Crippen molar-refractivity contribution in [3.8, 4) is 11.5 Å². The number of benzene rings is 3. The zero-order valence-electron chi connectivity index (χ0n) is 15.7. The summed E-state index contributed by atoms with van der Waals surface area (Å²) in [5.41, 5.74) is 1.28. The van der Waals surface area contributed by atoms with Gasteiger partial charge in [-0.3, -0.25) is 14.5 Å². The van der Waals surface area contributed by atoms with Gasteiger partial charge in [-0.15, -0.1) is 0 Å². The number of nitrogens with zero attached hydrogens (tertiary/aromatic N) is 1. The average Bonchev–Trinajstić information content (AvgIpc) is 2.78. The van der Waals surface area contributed by atoms with E-state index in [-0.39, 0.29) is 25.0 Å². The third-order valence-corrected chi connectivity index (χ3v) is 4.48. The fraction of sp³-hybridized carbons (Fsp3) is 0.130. The van der Waals surface area contributed by atoms with Crippen LogP contribution in [-0.2, 0) is 9.59 Å². The molecule has 6 heteroatoms.